The second-order valence-corrected chi connectivity index (χ2v) is 3.64. The first-order valence-electron chi connectivity index (χ1n) is 4.89. The van der Waals surface area contributed by atoms with E-state index in [1.165, 1.54) is 9.80 Å². The molecular formula is C9H17N3O2. The Kier molecular flexibility index (Phi) is 3.46. The number of nitrogens with two attached hydrogens (primary N) is 1. The standard InChI is InChI=1S/C9H17N3O2/c1-3-11-6-8(13)12(9(11)14)5-7(2)4-10/h7H,3-6,10H2,1-2H3. The fraction of sp³-hybridized carbons (Fsp3) is 0.778. The molecule has 0 aromatic heterocycles. The lowest BCUT2D eigenvalue weighted by Gasteiger charge is -2.18. The fourth-order valence-corrected chi connectivity index (χ4v) is 1.41. The maximum absolute atomic E-state index is 11.6. The van der Waals surface area contributed by atoms with E-state index in [1.807, 2.05) is 13.8 Å². The van der Waals surface area contributed by atoms with Crippen LogP contribution in [0.3, 0.4) is 0 Å². The number of amides is 3. The van der Waals surface area contributed by atoms with Crippen molar-refractivity contribution in [2.75, 3.05) is 26.2 Å². The molecule has 1 fully saturated rings. The first-order chi connectivity index (χ1) is 6.60. The summed E-state index contributed by atoms with van der Waals surface area (Å²) >= 11 is 0. The van der Waals surface area contributed by atoms with Gasteiger partial charge in [-0.3, -0.25) is 9.69 Å². The van der Waals surface area contributed by atoms with E-state index in [2.05, 4.69) is 0 Å². The van der Waals surface area contributed by atoms with Crippen LogP contribution in [0.4, 0.5) is 4.79 Å². The van der Waals surface area contributed by atoms with Crippen molar-refractivity contribution >= 4 is 11.9 Å². The number of carbonyl (C=O) groups excluding carboxylic acids is 2. The molecule has 0 saturated carbocycles. The van der Waals surface area contributed by atoms with Crippen LogP contribution >= 0.6 is 0 Å². The largest absolute Gasteiger partial charge is 0.330 e. The summed E-state index contributed by atoms with van der Waals surface area (Å²) in [6, 6.07) is -0.183. The van der Waals surface area contributed by atoms with Crippen LogP contribution in [0.5, 0.6) is 0 Å². The zero-order chi connectivity index (χ0) is 10.7. The molecule has 3 amide bonds. The summed E-state index contributed by atoms with van der Waals surface area (Å²) in [5.41, 5.74) is 5.45. The molecule has 14 heavy (non-hydrogen) atoms. The molecule has 1 saturated heterocycles. The molecule has 2 N–H and O–H groups in total. The fourth-order valence-electron chi connectivity index (χ4n) is 1.41. The number of rotatable bonds is 4. The zero-order valence-corrected chi connectivity index (χ0v) is 8.69. The van der Waals surface area contributed by atoms with Crippen molar-refractivity contribution in [1.82, 2.24) is 9.80 Å². The average Bonchev–Trinajstić information content (AvgIpc) is 2.44. The van der Waals surface area contributed by atoms with Crippen molar-refractivity contribution in [2.24, 2.45) is 11.7 Å². The van der Waals surface area contributed by atoms with Gasteiger partial charge in [-0.25, -0.2) is 4.79 Å². The summed E-state index contributed by atoms with van der Waals surface area (Å²) in [7, 11) is 0. The summed E-state index contributed by atoms with van der Waals surface area (Å²) in [6.45, 7) is 5.51. The van der Waals surface area contributed by atoms with Crippen LogP contribution in [0.25, 0.3) is 0 Å². The highest BCUT2D eigenvalue weighted by atomic mass is 16.2. The number of nitrogens with zero attached hydrogens (tertiary/aromatic N) is 2. The number of urea groups is 1. The van der Waals surface area contributed by atoms with Crippen molar-refractivity contribution in [3.63, 3.8) is 0 Å². The average molecular weight is 199 g/mol. The van der Waals surface area contributed by atoms with Crippen molar-refractivity contribution in [2.45, 2.75) is 13.8 Å². The van der Waals surface area contributed by atoms with E-state index in [0.717, 1.165) is 0 Å². The summed E-state index contributed by atoms with van der Waals surface area (Å²) in [4.78, 5) is 25.8. The molecule has 0 aromatic carbocycles. The highest BCUT2D eigenvalue weighted by Crippen LogP contribution is 2.11. The van der Waals surface area contributed by atoms with Gasteiger partial charge in [0, 0.05) is 13.1 Å². The Bertz CT molecular complexity index is 242. The quantitative estimate of drug-likeness (QED) is 0.641. The van der Waals surface area contributed by atoms with Gasteiger partial charge in [0.15, 0.2) is 0 Å². The number of hydrogen-bond donors (Lipinski definition) is 1. The highest BCUT2D eigenvalue weighted by Gasteiger charge is 2.35. The maximum atomic E-state index is 11.6. The Morgan fingerprint density at radius 2 is 2.14 bits per heavy atom. The lowest BCUT2D eigenvalue weighted by Crippen LogP contribution is -2.37. The Hall–Kier alpha value is -1.10. The number of likely N-dealkylation sites (N-methyl/N-ethyl adjacent to an activating group) is 1. The smallest absolute Gasteiger partial charge is 0.327 e. The summed E-state index contributed by atoms with van der Waals surface area (Å²) < 4.78 is 0. The molecule has 1 aliphatic heterocycles. The molecule has 0 aromatic rings. The van der Waals surface area contributed by atoms with Gasteiger partial charge in [-0.2, -0.15) is 0 Å². The summed E-state index contributed by atoms with van der Waals surface area (Å²) in [5, 5.41) is 0. The minimum atomic E-state index is -0.183. The van der Waals surface area contributed by atoms with Gasteiger partial charge in [0.2, 0.25) is 5.91 Å². The molecule has 5 heteroatoms. The molecule has 1 atom stereocenters. The second kappa shape index (κ2) is 4.41. The van der Waals surface area contributed by atoms with Crippen LogP contribution < -0.4 is 5.73 Å². The van der Waals surface area contributed by atoms with E-state index in [0.29, 0.717) is 19.6 Å². The van der Waals surface area contributed by atoms with E-state index < -0.39 is 0 Å². The molecule has 0 aliphatic carbocycles. The van der Waals surface area contributed by atoms with Gasteiger partial charge in [-0.15, -0.1) is 0 Å². The van der Waals surface area contributed by atoms with Crippen LogP contribution in [0, 0.1) is 5.92 Å². The third-order valence-electron chi connectivity index (χ3n) is 2.41. The minimum Gasteiger partial charge on any atom is -0.330 e. The molecule has 1 aliphatic rings. The Balaban J connectivity index is 2.61. The molecule has 5 nitrogen and oxygen atoms in total. The van der Waals surface area contributed by atoms with Crippen LogP contribution in [0.2, 0.25) is 0 Å². The van der Waals surface area contributed by atoms with Gasteiger partial charge in [0.1, 0.15) is 6.54 Å². The van der Waals surface area contributed by atoms with Gasteiger partial charge < -0.3 is 10.6 Å². The summed E-state index contributed by atoms with van der Waals surface area (Å²) in [5.74, 6) is 0.0526. The van der Waals surface area contributed by atoms with E-state index in [-0.39, 0.29) is 24.4 Å². The third-order valence-corrected chi connectivity index (χ3v) is 2.41. The van der Waals surface area contributed by atoms with Gasteiger partial charge in [0.25, 0.3) is 0 Å². The number of hydrogen-bond acceptors (Lipinski definition) is 3. The first kappa shape index (κ1) is 11.0. The number of imide groups is 1. The molecule has 0 radical (unpaired) electrons. The lowest BCUT2D eigenvalue weighted by atomic mass is 10.2. The normalized spacial score (nSPS) is 19.4. The highest BCUT2D eigenvalue weighted by molar-refractivity contribution is 6.01. The second-order valence-electron chi connectivity index (χ2n) is 3.64. The topological polar surface area (TPSA) is 66.6 Å². The van der Waals surface area contributed by atoms with Crippen molar-refractivity contribution < 1.29 is 9.59 Å². The van der Waals surface area contributed by atoms with Gasteiger partial charge >= 0.3 is 6.03 Å². The van der Waals surface area contributed by atoms with E-state index in [1.54, 1.807) is 0 Å². The van der Waals surface area contributed by atoms with Crippen molar-refractivity contribution in [3.8, 4) is 0 Å². The van der Waals surface area contributed by atoms with E-state index in [4.69, 9.17) is 5.73 Å². The Morgan fingerprint density at radius 1 is 1.50 bits per heavy atom. The predicted molar refractivity (Wildman–Crippen MR) is 52.6 cm³/mol. The monoisotopic (exact) mass is 199 g/mol. The molecule has 1 heterocycles. The molecule has 0 bridgehead atoms. The van der Waals surface area contributed by atoms with Crippen LogP contribution in [0.1, 0.15) is 13.8 Å². The van der Waals surface area contributed by atoms with Crippen molar-refractivity contribution in [1.29, 1.82) is 0 Å². The predicted octanol–water partition coefficient (Wildman–Crippen LogP) is -0.135. The Labute approximate surface area is 83.8 Å². The first-order valence-corrected chi connectivity index (χ1v) is 4.89. The molecule has 80 valence electrons. The van der Waals surface area contributed by atoms with Gasteiger partial charge in [0.05, 0.1) is 0 Å². The summed E-state index contributed by atoms with van der Waals surface area (Å²) in [6.07, 6.45) is 0. The van der Waals surface area contributed by atoms with Crippen molar-refractivity contribution in [3.05, 3.63) is 0 Å². The van der Waals surface area contributed by atoms with Crippen LogP contribution in [-0.2, 0) is 4.79 Å². The zero-order valence-electron chi connectivity index (χ0n) is 8.69. The lowest BCUT2D eigenvalue weighted by molar-refractivity contribution is -0.125. The minimum absolute atomic E-state index is 0.114. The molecule has 1 rings (SSSR count). The molecule has 1 unspecified atom stereocenters. The van der Waals surface area contributed by atoms with E-state index in [9.17, 15) is 9.59 Å². The van der Waals surface area contributed by atoms with Crippen LogP contribution in [0.15, 0.2) is 0 Å². The number of carbonyl (C=O) groups is 2. The van der Waals surface area contributed by atoms with E-state index >= 15 is 0 Å². The SMILES string of the molecule is CCN1CC(=O)N(CC(C)CN)C1=O. The van der Waals surface area contributed by atoms with Crippen LogP contribution in [-0.4, -0.2) is 47.9 Å². The maximum Gasteiger partial charge on any atom is 0.327 e. The molecular weight excluding hydrogens is 182 g/mol. The van der Waals surface area contributed by atoms with Gasteiger partial charge in [-0.05, 0) is 19.4 Å². The molecule has 0 spiro atoms. The third kappa shape index (κ3) is 2.04. The van der Waals surface area contributed by atoms with Gasteiger partial charge in [-0.1, -0.05) is 6.92 Å². The Morgan fingerprint density at radius 3 is 2.57 bits per heavy atom.